The molecule has 0 unspecified atom stereocenters. The van der Waals surface area contributed by atoms with E-state index in [4.69, 9.17) is 20.9 Å². The third-order valence-electron chi connectivity index (χ3n) is 8.54. The average molecular weight is 893 g/mol. The summed E-state index contributed by atoms with van der Waals surface area (Å²) in [7, 11) is 2.96. The summed E-state index contributed by atoms with van der Waals surface area (Å²) in [6, 6.07) is 48.4. The van der Waals surface area contributed by atoms with E-state index >= 15 is 0 Å². The van der Waals surface area contributed by atoms with Crippen LogP contribution in [0.15, 0.2) is 168 Å². The van der Waals surface area contributed by atoms with Gasteiger partial charge in [0.2, 0.25) is 0 Å². The van der Waals surface area contributed by atoms with Gasteiger partial charge in [-0.3, -0.25) is 9.98 Å². The first kappa shape index (κ1) is 61.4. The molecule has 6 aromatic carbocycles. The molecule has 16 heteroatoms. The first-order valence-electron chi connectivity index (χ1n) is 16.9. The van der Waals surface area contributed by atoms with Gasteiger partial charge in [-0.2, -0.15) is 0 Å². The molecule has 322 valence electrons. The second-order valence-corrected chi connectivity index (χ2v) is 11.9. The van der Waals surface area contributed by atoms with E-state index in [1.54, 1.807) is 48.8 Å². The zero-order valence-electron chi connectivity index (χ0n) is 32.7. The summed E-state index contributed by atoms with van der Waals surface area (Å²) in [5, 5.41) is 24.7. The van der Waals surface area contributed by atoms with Crippen molar-refractivity contribution in [3.63, 3.8) is 0 Å². The van der Waals surface area contributed by atoms with Crippen molar-refractivity contribution in [3.05, 3.63) is 191 Å². The molecule has 0 spiro atoms. The van der Waals surface area contributed by atoms with E-state index < -0.39 is 0 Å². The van der Waals surface area contributed by atoms with Crippen LogP contribution in [0.5, 0.6) is 23.0 Å². The molecule has 14 nitrogen and oxygen atoms in total. The van der Waals surface area contributed by atoms with E-state index in [0.717, 1.165) is 22.3 Å². The van der Waals surface area contributed by atoms with Gasteiger partial charge in [0.15, 0.2) is 0 Å². The molecule has 6 rings (SSSR count). The second kappa shape index (κ2) is 31.6. The topological polar surface area (TPSA) is 318 Å². The fourth-order valence-electron chi connectivity index (χ4n) is 5.70. The second-order valence-electron chi connectivity index (χ2n) is 11.9. The molecule has 0 heterocycles. The van der Waals surface area contributed by atoms with Crippen molar-refractivity contribution < 1.29 is 89.7 Å². The van der Waals surface area contributed by atoms with Crippen LogP contribution in [0.3, 0.4) is 0 Å². The van der Waals surface area contributed by atoms with Gasteiger partial charge < -0.3 is 64.0 Å². The SMILES string of the molecule is COc1cccc(C=N[C@H](c2ccccc2)[C@H](N)c2ccccc2)c1[O-].COc1cccc(C=N[C@H](c2ccccc2)[C@H](N)c2ccccc2)c1[O-].O.O.[O-2].[O-2].[O-2].[O-2].[V].[V]. The molecule has 0 aliphatic carbocycles. The number of nitrogens with two attached hydrogens (primary N) is 2. The van der Waals surface area contributed by atoms with Gasteiger partial charge in [-0.1, -0.05) is 157 Å². The number of benzene rings is 6. The van der Waals surface area contributed by atoms with Crippen molar-refractivity contribution in [2.45, 2.75) is 24.2 Å². The molecular formula is C44H46N4O10V2-10. The third-order valence-corrected chi connectivity index (χ3v) is 8.54. The largest absolute Gasteiger partial charge is 2.00 e. The van der Waals surface area contributed by atoms with Crippen LogP contribution in [0.4, 0.5) is 0 Å². The summed E-state index contributed by atoms with van der Waals surface area (Å²) in [5.41, 5.74) is 18.0. The number of aliphatic imine (C=N–C) groups is 2. The molecule has 8 N–H and O–H groups in total. The standard InChI is InChI=1S/2C22H22N2O2.2H2O.4O.2V/c2*1-26-19-14-8-13-18(22(19)25)15-24-21(17-11-6-3-7-12-17)20(23)16-9-4-2-5-10-16;;;;;;;;/h2*2-15,20-21,25H,23H2,1H3;2*1H2;;;;;;/q;;;;4*-2;;/p-2/t2*20-,21-;;;;;;;;/m11......../s1. The Kier molecular flexibility index (Phi) is 32.3. The summed E-state index contributed by atoms with van der Waals surface area (Å²) in [4.78, 5) is 9.34. The van der Waals surface area contributed by atoms with Crippen molar-refractivity contribution in [2.75, 3.05) is 14.2 Å². The van der Waals surface area contributed by atoms with E-state index in [-0.39, 0.29) is 106 Å². The normalized spacial score (nSPS) is 11.7. The van der Waals surface area contributed by atoms with Crippen LogP contribution in [0, 0.1) is 0 Å². The number of ether oxygens (including phenoxy) is 2. The fourth-order valence-corrected chi connectivity index (χ4v) is 5.70. The molecule has 0 aliphatic rings. The van der Waals surface area contributed by atoms with Crippen LogP contribution in [-0.2, 0) is 59.0 Å². The third kappa shape index (κ3) is 16.4. The van der Waals surface area contributed by atoms with Crippen molar-refractivity contribution in [2.24, 2.45) is 21.5 Å². The quantitative estimate of drug-likeness (QED) is 0.157. The minimum absolute atomic E-state index is 0. The molecule has 0 saturated carbocycles. The predicted octanol–water partition coefficient (Wildman–Crippen LogP) is 5.13. The summed E-state index contributed by atoms with van der Waals surface area (Å²) in [6.45, 7) is 0. The van der Waals surface area contributed by atoms with Crippen LogP contribution >= 0.6 is 0 Å². The Morgan fingerprint density at radius 3 is 0.967 bits per heavy atom. The molecule has 0 saturated heterocycles. The Morgan fingerprint density at radius 2 is 0.700 bits per heavy atom. The van der Waals surface area contributed by atoms with E-state index in [1.807, 2.05) is 121 Å². The molecule has 60 heavy (non-hydrogen) atoms. The summed E-state index contributed by atoms with van der Waals surface area (Å²) in [6.07, 6.45) is 3.18. The predicted molar refractivity (Wildman–Crippen MR) is 215 cm³/mol. The van der Waals surface area contributed by atoms with E-state index in [9.17, 15) is 10.2 Å². The average Bonchev–Trinajstić information content (AvgIpc) is 3.20. The minimum atomic E-state index is -0.324. The Bertz CT molecular complexity index is 1910. The number of rotatable bonds is 12. The summed E-state index contributed by atoms with van der Waals surface area (Å²) < 4.78 is 10.2. The summed E-state index contributed by atoms with van der Waals surface area (Å²) in [5.74, 6) is 0.243. The first-order valence-corrected chi connectivity index (χ1v) is 16.9. The number of hydrogen-bond acceptors (Lipinski definition) is 8. The molecule has 0 bridgehead atoms. The molecule has 0 fully saturated rings. The Hall–Kier alpha value is -5.29. The maximum Gasteiger partial charge on any atom is 0.111 e. The smallest absolute Gasteiger partial charge is 0.111 e. The molecule has 2 radical (unpaired) electrons. The maximum absolute atomic E-state index is 12.3. The van der Waals surface area contributed by atoms with E-state index in [1.165, 1.54) is 14.2 Å². The maximum atomic E-state index is 12.3. The molecular weight excluding hydrogens is 846 g/mol. The van der Waals surface area contributed by atoms with Crippen molar-refractivity contribution >= 4 is 12.4 Å². The molecule has 0 aromatic heterocycles. The van der Waals surface area contributed by atoms with Crippen LogP contribution in [0.1, 0.15) is 57.5 Å². The number of methoxy groups -OCH3 is 2. The Labute approximate surface area is 374 Å². The molecule has 6 aromatic rings. The van der Waals surface area contributed by atoms with Crippen LogP contribution in [0.2, 0.25) is 0 Å². The van der Waals surface area contributed by atoms with Gasteiger partial charge in [-0.05, 0) is 45.5 Å². The van der Waals surface area contributed by atoms with Crippen LogP contribution in [0.25, 0.3) is 0 Å². The van der Waals surface area contributed by atoms with E-state index in [0.29, 0.717) is 22.6 Å². The van der Waals surface area contributed by atoms with Gasteiger partial charge >= 0.3 is 0 Å². The first-order chi connectivity index (χ1) is 25.4. The van der Waals surface area contributed by atoms with Crippen molar-refractivity contribution in [3.8, 4) is 23.0 Å². The number of nitrogens with zero attached hydrogens (tertiary/aromatic N) is 2. The van der Waals surface area contributed by atoms with Gasteiger partial charge in [-0.15, -0.1) is 0 Å². The fraction of sp³-hybridized carbons (Fsp3) is 0.136. The van der Waals surface area contributed by atoms with Crippen molar-refractivity contribution in [1.29, 1.82) is 0 Å². The Morgan fingerprint density at radius 1 is 0.433 bits per heavy atom. The monoisotopic (exact) mass is 892 g/mol. The van der Waals surface area contributed by atoms with Crippen LogP contribution in [-0.4, -0.2) is 37.6 Å². The van der Waals surface area contributed by atoms with Gasteiger partial charge in [-0.25, -0.2) is 0 Å². The zero-order chi connectivity index (χ0) is 36.7. The van der Waals surface area contributed by atoms with Crippen molar-refractivity contribution in [1.82, 2.24) is 0 Å². The Balaban J connectivity index is -0.000000461. The minimum Gasteiger partial charge on any atom is -2.00 e. The van der Waals surface area contributed by atoms with E-state index in [2.05, 4.69) is 9.98 Å². The number of para-hydroxylation sites is 2. The summed E-state index contributed by atoms with van der Waals surface area (Å²) >= 11 is 0. The molecule has 4 atom stereocenters. The van der Waals surface area contributed by atoms with Gasteiger partial charge in [0.05, 0.1) is 38.4 Å². The van der Waals surface area contributed by atoms with Gasteiger partial charge in [0.25, 0.3) is 0 Å². The molecule has 0 aliphatic heterocycles. The van der Waals surface area contributed by atoms with Gasteiger partial charge in [0.1, 0.15) is 11.5 Å². The number of hydrogen-bond donors (Lipinski definition) is 2. The van der Waals surface area contributed by atoms with Crippen LogP contribution < -0.4 is 31.2 Å². The molecule has 0 amide bonds. The van der Waals surface area contributed by atoms with Gasteiger partial charge in [0, 0.05) is 49.5 Å². The zero-order valence-corrected chi connectivity index (χ0v) is 35.5.